The van der Waals surface area contributed by atoms with E-state index in [1.807, 2.05) is 0 Å². The van der Waals surface area contributed by atoms with Crippen LogP contribution in [0, 0.1) is 0 Å². The summed E-state index contributed by atoms with van der Waals surface area (Å²) in [5, 5.41) is 0. The fourth-order valence-corrected chi connectivity index (χ4v) is 1.37. The Hall–Kier alpha value is -1.73. The number of carbonyl (C=O) groups is 1. The molecule has 0 heterocycles. The molecule has 20 heavy (non-hydrogen) atoms. The summed E-state index contributed by atoms with van der Waals surface area (Å²) in [5.74, 6) is -0.712. The van der Waals surface area contributed by atoms with Gasteiger partial charge in [0.2, 0.25) is 0 Å². The first-order valence-electron chi connectivity index (χ1n) is 5.48. The molecule has 0 aromatic heterocycles. The lowest BCUT2D eigenvalue weighted by atomic mass is 10.1. The highest BCUT2D eigenvalue weighted by Crippen LogP contribution is 2.36. The van der Waals surface area contributed by atoms with Gasteiger partial charge in [-0.05, 0) is 23.8 Å². The molecule has 0 aliphatic carbocycles. The molecule has 1 aromatic carbocycles. The summed E-state index contributed by atoms with van der Waals surface area (Å²) in [6.45, 7) is 0.815. The van der Waals surface area contributed by atoms with E-state index in [4.69, 9.17) is 0 Å². The number of alkyl halides is 6. The lowest BCUT2D eigenvalue weighted by molar-refractivity contribution is -0.144. The van der Waals surface area contributed by atoms with Crippen LogP contribution < -0.4 is 0 Å². The SMILES string of the molecule is CCC(=O)OCc1cc(C(F)(F)F)cc(C(F)(F)F)c1. The van der Waals surface area contributed by atoms with Crippen molar-refractivity contribution in [1.29, 1.82) is 0 Å². The van der Waals surface area contributed by atoms with Crippen LogP contribution in [0.25, 0.3) is 0 Å². The molecule has 0 saturated carbocycles. The zero-order valence-corrected chi connectivity index (χ0v) is 10.2. The van der Waals surface area contributed by atoms with Gasteiger partial charge in [0.1, 0.15) is 6.61 Å². The van der Waals surface area contributed by atoms with Crippen LogP contribution in [0.3, 0.4) is 0 Å². The van der Waals surface area contributed by atoms with E-state index >= 15 is 0 Å². The molecule has 0 atom stereocenters. The van der Waals surface area contributed by atoms with Gasteiger partial charge in [-0.2, -0.15) is 26.3 Å². The molecule has 0 aliphatic heterocycles. The minimum Gasteiger partial charge on any atom is -0.461 e. The fraction of sp³-hybridized carbons (Fsp3) is 0.417. The summed E-state index contributed by atoms with van der Waals surface area (Å²) >= 11 is 0. The molecule has 0 spiro atoms. The van der Waals surface area contributed by atoms with Gasteiger partial charge < -0.3 is 4.74 Å². The molecule has 0 N–H and O–H groups in total. The first-order valence-corrected chi connectivity index (χ1v) is 5.48. The highest BCUT2D eigenvalue weighted by Gasteiger charge is 2.36. The number of rotatable bonds is 3. The maximum atomic E-state index is 12.5. The van der Waals surface area contributed by atoms with E-state index in [2.05, 4.69) is 4.74 Å². The van der Waals surface area contributed by atoms with Crippen LogP contribution in [-0.4, -0.2) is 5.97 Å². The minimum absolute atomic E-state index is 0.0190. The highest BCUT2D eigenvalue weighted by atomic mass is 19.4. The third-order valence-electron chi connectivity index (χ3n) is 2.34. The average molecular weight is 300 g/mol. The number of benzene rings is 1. The van der Waals surface area contributed by atoms with Crippen LogP contribution in [0.15, 0.2) is 18.2 Å². The monoisotopic (exact) mass is 300 g/mol. The molecule has 1 rings (SSSR count). The summed E-state index contributed by atoms with van der Waals surface area (Å²) < 4.78 is 79.7. The Morgan fingerprint density at radius 1 is 1.00 bits per heavy atom. The van der Waals surface area contributed by atoms with Crippen molar-refractivity contribution in [3.8, 4) is 0 Å². The van der Waals surface area contributed by atoms with Crippen molar-refractivity contribution in [3.63, 3.8) is 0 Å². The van der Waals surface area contributed by atoms with E-state index in [0.29, 0.717) is 12.1 Å². The Balaban J connectivity index is 3.14. The van der Waals surface area contributed by atoms with Crippen LogP contribution in [0.4, 0.5) is 26.3 Å². The summed E-state index contributed by atoms with van der Waals surface area (Å²) in [7, 11) is 0. The molecule has 112 valence electrons. The maximum absolute atomic E-state index is 12.5. The van der Waals surface area contributed by atoms with Crippen molar-refractivity contribution in [3.05, 3.63) is 34.9 Å². The van der Waals surface area contributed by atoms with E-state index < -0.39 is 36.1 Å². The van der Waals surface area contributed by atoms with Crippen molar-refractivity contribution in [1.82, 2.24) is 0 Å². The summed E-state index contributed by atoms with van der Waals surface area (Å²) in [6.07, 6.45) is -9.85. The Bertz CT molecular complexity index is 457. The van der Waals surface area contributed by atoms with Crippen molar-refractivity contribution < 1.29 is 35.9 Å². The van der Waals surface area contributed by atoms with Gasteiger partial charge in [-0.15, -0.1) is 0 Å². The zero-order chi connectivity index (χ0) is 15.6. The predicted molar refractivity (Wildman–Crippen MR) is 56.5 cm³/mol. The molecule has 0 amide bonds. The van der Waals surface area contributed by atoms with Gasteiger partial charge in [0.05, 0.1) is 11.1 Å². The Morgan fingerprint density at radius 3 is 1.80 bits per heavy atom. The van der Waals surface area contributed by atoms with Crippen molar-refractivity contribution >= 4 is 5.97 Å². The Morgan fingerprint density at radius 2 is 1.45 bits per heavy atom. The van der Waals surface area contributed by atoms with Crippen molar-refractivity contribution in [2.75, 3.05) is 0 Å². The fourth-order valence-electron chi connectivity index (χ4n) is 1.37. The van der Waals surface area contributed by atoms with Gasteiger partial charge in [0.25, 0.3) is 0 Å². The van der Waals surface area contributed by atoms with E-state index in [-0.39, 0.29) is 18.1 Å². The average Bonchev–Trinajstić information content (AvgIpc) is 2.33. The van der Waals surface area contributed by atoms with Crippen LogP contribution in [-0.2, 0) is 28.5 Å². The Kier molecular flexibility index (Phi) is 4.67. The molecule has 0 saturated heterocycles. The summed E-state index contributed by atoms with van der Waals surface area (Å²) in [5.41, 5.74) is -3.24. The number of ether oxygens (including phenoxy) is 1. The number of halogens is 6. The molecular weight excluding hydrogens is 290 g/mol. The summed E-state index contributed by atoms with van der Waals surface area (Å²) in [4.78, 5) is 10.9. The second kappa shape index (κ2) is 5.72. The zero-order valence-electron chi connectivity index (χ0n) is 10.2. The van der Waals surface area contributed by atoms with Gasteiger partial charge >= 0.3 is 18.3 Å². The summed E-state index contributed by atoms with van der Waals surface area (Å²) in [6, 6.07) is 1.07. The number of esters is 1. The van der Waals surface area contributed by atoms with Gasteiger partial charge in [0, 0.05) is 6.42 Å². The molecular formula is C12H10F6O2. The molecule has 0 unspecified atom stereocenters. The van der Waals surface area contributed by atoms with Crippen LogP contribution in [0.5, 0.6) is 0 Å². The molecule has 2 nitrogen and oxygen atoms in total. The van der Waals surface area contributed by atoms with E-state index in [1.165, 1.54) is 6.92 Å². The first kappa shape index (κ1) is 16.3. The van der Waals surface area contributed by atoms with E-state index in [1.54, 1.807) is 0 Å². The Labute approximate surface area is 110 Å². The lowest BCUT2D eigenvalue weighted by Crippen LogP contribution is -2.12. The van der Waals surface area contributed by atoms with Gasteiger partial charge in [0.15, 0.2) is 0 Å². The predicted octanol–water partition coefficient (Wildman–Crippen LogP) is 4.18. The van der Waals surface area contributed by atoms with E-state index in [0.717, 1.165) is 0 Å². The van der Waals surface area contributed by atoms with E-state index in [9.17, 15) is 31.1 Å². The second-order valence-electron chi connectivity index (χ2n) is 3.93. The molecule has 0 fully saturated rings. The van der Waals surface area contributed by atoms with Gasteiger partial charge in [-0.25, -0.2) is 0 Å². The number of hydrogen-bond acceptors (Lipinski definition) is 2. The third-order valence-corrected chi connectivity index (χ3v) is 2.34. The second-order valence-corrected chi connectivity index (χ2v) is 3.93. The number of hydrogen-bond donors (Lipinski definition) is 0. The van der Waals surface area contributed by atoms with Crippen LogP contribution >= 0.6 is 0 Å². The molecule has 0 aliphatic rings. The lowest BCUT2D eigenvalue weighted by Gasteiger charge is -2.14. The third kappa shape index (κ3) is 4.43. The normalized spacial score (nSPS) is 12.3. The van der Waals surface area contributed by atoms with Crippen molar-refractivity contribution in [2.45, 2.75) is 32.3 Å². The van der Waals surface area contributed by atoms with Gasteiger partial charge in [-0.3, -0.25) is 4.79 Å². The first-order chi connectivity index (χ1) is 9.04. The van der Waals surface area contributed by atoms with Crippen LogP contribution in [0.2, 0.25) is 0 Å². The number of carbonyl (C=O) groups excluding carboxylic acids is 1. The highest BCUT2D eigenvalue weighted by molar-refractivity contribution is 5.68. The smallest absolute Gasteiger partial charge is 0.416 e. The van der Waals surface area contributed by atoms with Crippen molar-refractivity contribution in [2.24, 2.45) is 0 Å². The minimum atomic E-state index is -4.91. The molecule has 1 aromatic rings. The standard InChI is InChI=1S/C12H10F6O2/c1-2-10(19)20-6-7-3-8(11(13,14)15)5-9(4-7)12(16,17)18/h3-5H,2,6H2,1H3. The molecule has 0 bridgehead atoms. The van der Waals surface area contributed by atoms with Crippen LogP contribution in [0.1, 0.15) is 30.0 Å². The quantitative estimate of drug-likeness (QED) is 0.618. The topological polar surface area (TPSA) is 26.3 Å². The largest absolute Gasteiger partial charge is 0.461 e. The van der Waals surface area contributed by atoms with Gasteiger partial charge in [-0.1, -0.05) is 6.92 Å². The maximum Gasteiger partial charge on any atom is 0.416 e. The molecule has 8 heteroatoms. The molecule has 0 radical (unpaired) electrons.